The lowest BCUT2D eigenvalue weighted by atomic mass is 10.0. The van der Waals surface area contributed by atoms with Crippen LogP contribution in [0, 0.1) is 10.1 Å². The monoisotopic (exact) mass is 372 g/mol. The van der Waals surface area contributed by atoms with Crippen molar-refractivity contribution in [2.75, 3.05) is 7.05 Å². The van der Waals surface area contributed by atoms with Gasteiger partial charge in [0.15, 0.2) is 0 Å². The molecule has 0 radical (unpaired) electrons. The Labute approximate surface area is 162 Å². The maximum absolute atomic E-state index is 10.9. The molecule has 0 unspecified atom stereocenters. The second-order valence-corrected chi connectivity index (χ2v) is 6.88. The fraction of sp³-hybridized carbons (Fsp3) is 0.136. The topological polar surface area (TPSA) is 75.1 Å². The number of hydrogen-bond acceptors (Lipinski definition) is 4. The van der Waals surface area contributed by atoms with Crippen LogP contribution in [-0.4, -0.2) is 26.8 Å². The number of hydrogen-bond donors (Lipinski definition) is 1. The Morgan fingerprint density at radius 3 is 2.54 bits per heavy atom. The van der Waals surface area contributed by atoms with E-state index in [1.54, 1.807) is 6.07 Å². The molecule has 0 aliphatic rings. The maximum Gasteiger partial charge on any atom is 0.271 e. The van der Waals surface area contributed by atoms with Crippen LogP contribution < -0.4 is 0 Å². The summed E-state index contributed by atoms with van der Waals surface area (Å²) >= 11 is 0. The van der Waals surface area contributed by atoms with Crippen molar-refractivity contribution >= 4 is 16.7 Å². The molecule has 28 heavy (non-hydrogen) atoms. The van der Waals surface area contributed by atoms with Gasteiger partial charge in [0.1, 0.15) is 5.82 Å². The van der Waals surface area contributed by atoms with Crippen molar-refractivity contribution < 1.29 is 4.92 Å². The molecule has 140 valence electrons. The van der Waals surface area contributed by atoms with Crippen LogP contribution in [-0.2, 0) is 13.1 Å². The number of nitro benzene ring substituents is 1. The van der Waals surface area contributed by atoms with E-state index < -0.39 is 4.92 Å². The predicted octanol–water partition coefficient (Wildman–Crippen LogP) is 4.77. The highest BCUT2D eigenvalue weighted by Gasteiger charge is 2.11. The quantitative estimate of drug-likeness (QED) is 0.391. The van der Waals surface area contributed by atoms with Crippen molar-refractivity contribution in [3.05, 3.63) is 94.3 Å². The average molecular weight is 372 g/mol. The van der Waals surface area contributed by atoms with Gasteiger partial charge in [-0.2, -0.15) is 0 Å². The lowest BCUT2D eigenvalue weighted by molar-refractivity contribution is -0.384. The number of nitrogens with one attached hydrogen (secondary N) is 1. The van der Waals surface area contributed by atoms with Crippen LogP contribution in [0.5, 0.6) is 0 Å². The summed E-state index contributed by atoms with van der Waals surface area (Å²) in [5.74, 6) is 0.789. The summed E-state index contributed by atoms with van der Waals surface area (Å²) in [6, 6.07) is 23.5. The van der Waals surface area contributed by atoms with Gasteiger partial charge in [0.05, 0.1) is 22.5 Å². The third-order valence-electron chi connectivity index (χ3n) is 4.63. The van der Waals surface area contributed by atoms with E-state index >= 15 is 0 Å². The van der Waals surface area contributed by atoms with E-state index in [0.29, 0.717) is 12.1 Å². The van der Waals surface area contributed by atoms with E-state index in [2.05, 4.69) is 51.3 Å². The van der Waals surface area contributed by atoms with Crippen LogP contribution >= 0.6 is 0 Å². The lowest BCUT2D eigenvalue weighted by Gasteiger charge is -2.16. The van der Waals surface area contributed by atoms with Crippen LogP contribution in [0.4, 0.5) is 5.69 Å². The van der Waals surface area contributed by atoms with Crippen molar-refractivity contribution in [2.45, 2.75) is 13.1 Å². The second kappa shape index (κ2) is 7.62. The minimum Gasteiger partial charge on any atom is -0.341 e. The SMILES string of the molecule is CN(Cc1cccc(-c2ccccc2)c1)Cc1nc2ccc([N+](=O)[O-])cc2[nH]1. The zero-order valence-electron chi connectivity index (χ0n) is 15.5. The van der Waals surface area contributed by atoms with Gasteiger partial charge >= 0.3 is 0 Å². The molecule has 0 saturated heterocycles. The Morgan fingerprint density at radius 1 is 0.964 bits per heavy atom. The van der Waals surface area contributed by atoms with Crippen LogP contribution in [0.1, 0.15) is 11.4 Å². The molecule has 4 rings (SSSR count). The Bertz CT molecular complexity index is 1120. The van der Waals surface area contributed by atoms with Gasteiger partial charge in [0.2, 0.25) is 0 Å². The number of aromatic amines is 1. The fourth-order valence-electron chi connectivity index (χ4n) is 3.34. The highest BCUT2D eigenvalue weighted by atomic mass is 16.6. The summed E-state index contributed by atoms with van der Waals surface area (Å²) in [4.78, 5) is 20.4. The van der Waals surface area contributed by atoms with Crippen LogP contribution in [0.15, 0.2) is 72.8 Å². The Morgan fingerprint density at radius 2 is 1.75 bits per heavy atom. The van der Waals surface area contributed by atoms with Gasteiger partial charge in [-0.1, -0.05) is 48.5 Å². The summed E-state index contributed by atoms with van der Waals surface area (Å²) in [7, 11) is 2.03. The molecule has 0 saturated carbocycles. The maximum atomic E-state index is 10.9. The number of nitro groups is 1. The molecule has 3 aromatic carbocycles. The Balaban J connectivity index is 1.48. The van der Waals surface area contributed by atoms with Gasteiger partial charge in [0, 0.05) is 18.7 Å². The van der Waals surface area contributed by atoms with Crippen molar-refractivity contribution in [2.24, 2.45) is 0 Å². The molecule has 0 fully saturated rings. The molecule has 0 aliphatic heterocycles. The number of H-pyrrole nitrogens is 1. The minimum absolute atomic E-state index is 0.0637. The third kappa shape index (κ3) is 3.92. The van der Waals surface area contributed by atoms with Crippen molar-refractivity contribution in [1.29, 1.82) is 0 Å². The number of rotatable bonds is 6. The summed E-state index contributed by atoms with van der Waals surface area (Å²) in [5, 5.41) is 10.9. The Kier molecular flexibility index (Phi) is 4.87. The van der Waals surface area contributed by atoms with Gasteiger partial charge in [-0.05, 0) is 35.9 Å². The van der Waals surface area contributed by atoms with Gasteiger partial charge in [-0.25, -0.2) is 4.98 Å². The zero-order chi connectivity index (χ0) is 19.5. The minimum atomic E-state index is -0.397. The van der Waals surface area contributed by atoms with Gasteiger partial charge < -0.3 is 4.98 Å². The molecular formula is C22H20N4O2. The van der Waals surface area contributed by atoms with Crippen LogP contribution in [0.2, 0.25) is 0 Å². The number of benzene rings is 3. The first-order chi connectivity index (χ1) is 13.6. The number of fused-ring (bicyclic) bond motifs is 1. The van der Waals surface area contributed by atoms with Crippen molar-refractivity contribution in [3.8, 4) is 11.1 Å². The van der Waals surface area contributed by atoms with Crippen LogP contribution in [0.25, 0.3) is 22.2 Å². The van der Waals surface area contributed by atoms with E-state index in [1.165, 1.54) is 28.8 Å². The summed E-state index contributed by atoms with van der Waals surface area (Å²) in [6.07, 6.45) is 0. The van der Waals surface area contributed by atoms with E-state index in [9.17, 15) is 10.1 Å². The van der Waals surface area contributed by atoms with E-state index in [0.717, 1.165) is 17.9 Å². The first-order valence-corrected chi connectivity index (χ1v) is 9.04. The lowest BCUT2D eigenvalue weighted by Crippen LogP contribution is -2.18. The summed E-state index contributed by atoms with van der Waals surface area (Å²) < 4.78 is 0. The largest absolute Gasteiger partial charge is 0.341 e. The Hall–Kier alpha value is -3.51. The first-order valence-electron chi connectivity index (χ1n) is 9.04. The molecule has 1 aromatic heterocycles. The molecule has 6 heteroatoms. The van der Waals surface area contributed by atoms with Gasteiger partial charge in [-0.15, -0.1) is 0 Å². The molecule has 0 amide bonds. The number of nitrogens with zero attached hydrogens (tertiary/aromatic N) is 3. The smallest absolute Gasteiger partial charge is 0.271 e. The van der Waals surface area contributed by atoms with Gasteiger partial charge in [0.25, 0.3) is 5.69 Å². The molecule has 0 atom stereocenters. The second-order valence-electron chi connectivity index (χ2n) is 6.88. The molecule has 1 heterocycles. The highest BCUT2D eigenvalue weighted by molar-refractivity contribution is 5.77. The van der Waals surface area contributed by atoms with Crippen molar-refractivity contribution in [1.82, 2.24) is 14.9 Å². The van der Waals surface area contributed by atoms with E-state index in [4.69, 9.17) is 0 Å². The molecule has 1 N–H and O–H groups in total. The van der Waals surface area contributed by atoms with Crippen LogP contribution in [0.3, 0.4) is 0 Å². The highest BCUT2D eigenvalue weighted by Crippen LogP contribution is 2.22. The molecule has 0 bridgehead atoms. The zero-order valence-corrected chi connectivity index (χ0v) is 15.5. The normalized spacial score (nSPS) is 11.2. The van der Waals surface area contributed by atoms with E-state index in [1.807, 2.05) is 25.2 Å². The fourth-order valence-corrected chi connectivity index (χ4v) is 3.34. The standard InChI is InChI=1S/C22H20N4O2/c1-25(14-16-6-5-9-18(12-16)17-7-3-2-4-8-17)15-22-23-20-11-10-19(26(27)28)13-21(20)24-22/h2-13H,14-15H2,1H3,(H,23,24). The third-order valence-corrected chi connectivity index (χ3v) is 4.63. The number of non-ortho nitro benzene ring substituents is 1. The number of aromatic nitrogens is 2. The molecule has 0 aliphatic carbocycles. The molecule has 4 aromatic rings. The van der Waals surface area contributed by atoms with E-state index in [-0.39, 0.29) is 5.69 Å². The number of imidazole rings is 1. The van der Waals surface area contributed by atoms with Gasteiger partial charge in [-0.3, -0.25) is 15.0 Å². The summed E-state index contributed by atoms with van der Waals surface area (Å²) in [6.45, 7) is 1.40. The average Bonchev–Trinajstić information content (AvgIpc) is 3.10. The summed E-state index contributed by atoms with van der Waals surface area (Å²) in [5.41, 5.74) is 5.10. The molecule has 6 nitrogen and oxygen atoms in total. The van der Waals surface area contributed by atoms with Crippen molar-refractivity contribution in [3.63, 3.8) is 0 Å². The predicted molar refractivity (Wildman–Crippen MR) is 110 cm³/mol. The first kappa shape index (κ1) is 17.9. The molecule has 0 spiro atoms. The molecular weight excluding hydrogens is 352 g/mol.